The maximum atomic E-state index is 12.7. The van der Waals surface area contributed by atoms with Crippen molar-refractivity contribution in [3.63, 3.8) is 0 Å². The third-order valence-corrected chi connectivity index (χ3v) is 5.57. The Balaban J connectivity index is 1.61. The van der Waals surface area contributed by atoms with Crippen LogP contribution in [0.1, 0.15) is 6.92 Å². The van der Waals surface area contributed by atoms with Gasteiger partial charge in [-0.3, -0.25) is 19.3 Å². The Bertz CT molecular complexity index is 1040. The Kier molecular flexibility index (Phi) is 5.95. The summed E-state index contributed by atoms with van der Waals surface area (Å²) in [6.07, 6.45) is -1.21. The number of carbonyl (C=O) groups excluding carboxylic acids is 3. The van der Waals surface area contributed by atoms with Gasteiger partial charge >= 0.3 is 5.97 Å². The molecule has 1 heterocycles. The van der Waals surface area contributed by atoms with E-state index in [1.807, 2.05) is 0 Å². The molecule has 2 aromatic rings. The lowest BCUT2D eigenvalue weighted by atomic mass is 10.1. The highest BCUT2D eigenvalue weighted by Crippen LogP contribution is 2.29. The summed E-state index contributed by atoms with van der Waals surface area (Å²) in [6.45, 7) is 0.519. The molecule has 0 aromatic heterocycles. The number of anilines is 2. The predicted octanol–water partition coefficient (Wildman–Crippen LogP) is 0.882. The first-order chi connectivity index (χ1) is 13.8. The summed E-state index contributed by atoms with van der Waals surface area (Å²) in [4.78, 5) is 37.8. The van der Waals surface area contributed by atoms with Crippen LogP contribution >= 0.6 is 0 Å². The predicted molar refractivity (Wildman–Crippen MR) is 105 cm³/mol. The largest absolute Gasteiger partial charge is 0.452 e. The van der Waals surface area contributed by atoms with E-state index in [9.17, 15) is 22.8 Å². The first-order valence-electron chi connectivity index (χ1n) is 8.72. The summed E-state index contributed by atoms with van der Waals surface area (Å²) >= 11 is 0. The SMILES string of the molecule is C[C@H](OC(=O)CNS(=O)(=O)c1ccccc1)C(=O)N1CC(=O)Nc2ccccc21. The molecule has 1 aliphatic heterocycles. The summed E-state index contributed by atoms with van der Waals surface area (Å²) in [6, 6.07) is 14.3. The van der Waals surface area contributed by atoms with Crippen molar-refractivity contribution in [2.45, 2.75) is 17.9 Å². The Morgan fingerprint density at radius 1 is 1.14 bits per heavy atom. The molecule has 152 valence electrons. The summed E-state index contributed by atoms with van der Waals surface area (Å²) in [5.74, 6) is -1.88. The summed E-state index contributed by atoms with van der Waals surface area (Å²) in [5.41, 5.74) is 0.969. The number of hydrogen-bond donors (Lipinski definition) is 2. The first-order valence-corrected chi connectivity index (χ1v) is 10.2. The van der Waals surface area contributed by atoms with Crippen LogP contribution in [0.15, 0.2) is 59.5 Å². The van der Waals surface area contributed by atoms with Gasteiger partial charge in [-0.1, -0.05) is 30.3 Å². The molecule has 0 unspecified atom stereocenters. The molecule has 1 aliphatic rings. The van der Waals surface area contributed by atoms with Crippen molar-refractivity contribution in [2.24, 2.45) is 0 Å². The number of nitrogens with one attached hydrogen (secondary N) is 2. The fourth-order valence-corrected chi connectivity index (χ4v) is 3.77. The van der Waals surface area contributed by atoms with E-state index in [4.69, 9.17) is 4.74 Å². The molecular weight excluding hydrogens is 398 g/mol. The highest BCUT2D eigenvalue weighted by molar-refractivity contribution is 7.89. The molecule has 0 fully saturated rings. The number of benzene rings is 2. The van der Waals surface area contributed by atoms with Gasteiger partial charge in [-0.2, -0.15) is 4.72 Å². The number of nitrogens with zero attached hydrogens (tertiary/aromatic N) is 1. The molecule has 0 aliphatic carbocycles. The van der Waals surface area contributed by atoms with E-state index in [0.717, 1.165) is 0 Å². The minimum absolute atomic E-state index is 0.00728. The van der Waals surface area contributed by atoms with Gasteiger partial charge in [-0.15, -0.1) is 0 Å². The van der Waals surface area contributed by atoms with Crippen molar-refractivity contribution < 1.29 is 27.5 Å². The number of hydrogen-bond acceptors (Lipinski definition) is 6. The quantitative estimate of drug-likeness (QED) is 0.673. The number of sulfonamides is 1. The maximum Gasteiger partial charge on any atom is 0.321 e. The molecule has 2 N–H and O–H groups in total. The van der Waals surface area contributed by atoms with Gasteiger partial charge in [0.05, 0.1) is 16.3 Å². The van der Waals surface area contributed by atoms with Crippen molar-refractivity contribution >= 4 is 39.2 Å². The van der Waals surface area contributed by atoms with Gasteiger partial charge in [0.25, 0.3) is 5.91 Å². The summed E-state index contributed by atoms with van der Waals surface area (Å²) < 4.78 is 31.5. The lowest BCUT2D eigenvalue weighted by Gasteiger charge is -2.30. The second-order valence-electron chi connectivity index (χ2n) is 6.26. The van der Waals surface area contributed by atoms with E-state index in [-0.39, 0.29) is 17.3 Å². The van der Waals surface area contributed by atoms with Crippen LogP contribution in [0.4, 0.5) is 11.4 Å². The smallest absolute Gasteiger partial charge is 0.321 e. The first kappa shape index (κ1) is 20.5. The van der Waals surface area contributed by atoms with Crippen LogP contribution in [0, 0.1) is 0 Å². The number of rotatable bonds is 6. The minimum Gasteiger partial charge on any atom is -0.452 e. The highest BCUT2D eigenvalue weighted by Gasteiger charge is 2.31. The number of fused-ring (bicyclic) bond motifs is 1. The highest BCUT2D eigenvalue weighted by atomic mass is 32.2. The van der Waals surface area contributed by atoms with Gasteiger partial charge in [0.1, 0.15) is 13.1 Å². The molecule has 0 saturated heterocycles. The maximum absolute atomic E-state index is 12.7. The van der Waals surface area contributed by atoms with Crippen LogP contribution in [-0.2, 0) is 29.1 Å². The van der Waals surface area contributed by atoms with Crippen LogP contribution < -0.4 is 14.9 Å². The lowest BCUT2D eigenvalue weighted by Crippen LogP contribution is -2.47. The van der Waals surface area contributed by atoms with Crippen LogP contribution in [0.3, 0.4) is 0 Å². The number of amides is 2. The van der Waals surface area contributed by atoms with Gasteiger partial charge in [-0.05, 0) is 31.2 Å². The van der Waals surface area contributed by atoms with E-state index in [1.54, 1.807) is 42.5 Å². The molecule has 3 rings (SSSR count). The zero-order valence-corrected chi connectivity index (χ0v) is 16.3. The molecule has 0 radical (unpaired) electrons. The van der Waals surface area contributed by atoms with Crippen LogP contribution in [0.2, 0.25) is 0 Å². The molecule has 29 heavy (non-hydrogen) atoms. The van der Waals surface area contributed by atoms with Crippen molar-refractivity contribution in [3.8, 4) is 0 Å². The van der Waals surface area contributed by atoms with Crippen molar-refractivity contribution in [1.29, 1.82) is 0 Å². The van der Waals surface area contributed by atoms with Crippen molar-refractivity contribution in [3.05, 3.63) is 54.6 Å². The Morgan fingerprint density at radius 2 is 1.79 bits per heavy atom. The summed E-state index contributed by atoms with van der Waals surface area (Å²) in [5, 5.41) is 2.66. The van der Waals surface area contributed by atoms with Gasteiger partial charge in [0, 0.05) is 0 Å². The van der Waals surface area contributed by atoms with E-state index in [0.29, 0.717) is 11.4 Å². The molecule has 0 saturated carbocycles. The molecule has 2 aromatic carbocycles. The van der Waals surface area contributed by atoms with E-state index in [2.05, 4.69) is 10.0 Å². The van der Waals surface area contributed by atoms with E-state index < -0.39 is 34.5 Å². The second kappa shape index (κ2) is 8.41. The fraction of sp³-hybridized carbons (Fsp3) is 0.211. The normalized spacial score (nSPS) is 14.5. The third-order valence-electron chi connectivity index (χ3n) is 4.15. The van der Waals surface area contributed by atoms with Crippen molar-refractivity contribution in [1.82, 2.24) is 4.72 Å². The number of para-hydroxylation sites is 2. The van der Waals surface area contributed by atoms with E-state index in [1.165, 1.54) is 24.0 Å². The van der Waals surface area contributed by atoms with Crippen LogP contribution in [0.25, 0.3) is 0 Å². The van der Waals surface area contributed by atoms with Gasteiger partial charge in [-0.25, -0.2) is 8.42 Å². The lowest BCUT2D eigenvalue weighted by molar-refractivity contribution is -0.152. The average molecular weight is 417 g/mol. The zero-order valence-electron chi connectivity index (χ0n) is 15.5. The van der Waals surface area contributed by atoms with Gasteiger partial charge < -0.3 is 10.1 Å². The molecule has 1 atom stereocenters. The molecule has 2 amide bonds. The number of ether oxygens (including phenoxy) is 1. The van der Waals surface area contributed by atoms with Gasteiger partial charge in [0.15, 0.2) is 6.10 Å². The molecule has 10 heteroatoms. The topological polar surface area (TPSA) is 122 Å². The third kappa shape index (κ3) is 4.79. The fourth-order valence-electron chi connectivity index (χ4n) is 2.78. The average Bonchev–Trinajstić information content (AvgIpc) is 2.71. The monoisotopic (exact) mass is 417 g/mol. The van der Waals surface area contributed by atoms with E-state index >= 15 is 0 Å². The van der Waals surface area contributed by atoms with Crippen LogP contribution in [0.5, 0.6) is 0 Å². The second-order valence-corrected chi connectivity index (χ2v) is 8.03. The Morgan fingerprint density at radius 3 is 2.52 bits per heavy atom. The standard InChI is InChI=1S/C19H19N3O6S/c1-13(19(25)22-12-17(23)21-15-9-5-6-10-16(15)22)28-18(24)11-20-29(26,27)14-7-3-2-4-8-14/h2-10,13,20H,11-12H2,1H3,(H,21,23)/t13-/m0/s1. The molecule has 9 nitrogen and oxygen atoms in total. The number of carbonyl (C=O) groups is 3. The van der Waals surface area contributed by atoms with Gasteiger partial charge in [0.2, 0.25) is 15.9 Å². The number of esters is 1. The molecular formula is C19H19N3O6S. The molecule has 0 bridgehead atoms. The van der Waals surface area contributed by atoms with Crippen molar-refractivity contribution in [2.75, 3.05) is 23.3 Å². The Hall–Kier alpha value is -3.24. The minimum atomic E-state index is -3.88. The Labute approximate surface area is 167 Å². The summed E-state index contributed by atoms with van der Waals surface area (Å²) in [7, 11) is -3.88. The van der Waals surface area contributed by atoms with Crippen LogP contribution in [-0.4, -0.2) is 45.4 Å². The molecule has 0 spiro atoms. The zero-order chi connectivity index (χ0) is 21.0.